The Balaban J connectivity index is 1.98. The van der Waals surface area contributed by atoms with Crippen LogP contribution in [0.2, 0.25) is 0 Å². The maximum atomic E-state index is 13.0. The Bertz CT molecular complexity index is 627. The number of aliphatic hydroxyl groups is 1. The second-order valence-electron chi connectivity index (χ2n) is 4.32. The number of halogens is 2. The molecule has 0 aliphatic rings. The topological polar surface area (TPSA) is 49.3 Å². The highest BCUT2D eigenvalue weighted by atomic mass is 32.1. The van der Waals surface area contributed by atoms with E-state index in [1.54, 1.807) is 0 Å². The van der Waals surface area contributed by atoms with Gasteiger partial charge in [0.2, 0.25) is 0 Å². The quantitative estimate of drug-likeness (QED) is 0.911. The predicted octanol–water partition coefficient (Wildman–Crippen LogP) is 2.80. The Morgan fingerprint density at radius 1 is 1.35 bits per heavy atom. The zero-order chi connectivity index (χ0) is 14.7. The molecule has 1 heterocycles. The molecule has 0 saturated carbocycles. The Morgan fingerprint density at radius 3 is 2.70 bits per heavy atom. The lowest BCUT2D eigenvalue weighted by atomic mass is 10.2. The molecule has 6 heteroatoms. The molecule has 1 atom stereocenters. The fraction of sp³-hybridized carbons (Fsp3) is 0.214. The lowest BCUT2D eigenvalue weighted by Gasteiger charge is -2.11. The van der Waals surface area contributed by atoms with Crippen molar-refractivity contribution in [1.29, 1.82) is 0 Å². The fourth-order valence-electron chi connectivity index (χ4n) is 1.75. The normalized spacial score (nSPS) is 12.2. The molecule has 1 aromatic carbocycles. The molecule has 2 rings (SSSR count). The van der Waals surface area contributed by atoms with Gasteiger partial charge in [0.05, 0.1) is 0 Å². The summed E-state index contributed by atoms with van der Waals surface area (Å²) < 4.78 is 25.8. The van der Waals surface area contributed by atoms with Gasteiger partial charge >= 0.3 is 0 Å². The molecule has 0 bridgehead atoms. The Hall–Kier alpha value is -1.79. The van der Waals surface area contributed by atoms with Gasteiger partial charge in [-0.1, -0.05) is 0 Å². The van der Waals surface area contributed by atoms with Crippen LogP contribution in [0, 0.1) is 18.6 Å². The van der Waals surface area contributed by atoms with Gasteiger partial charge in [0.1, 0.15) is 6.10 Å². The van der Waals surface area contributed by atoms with E-state index >= 15 is 0 Å². The summed E-state index contributed by atoms with van der Waals surface area (Å²) in [5.74, 6) is -2.64. The number of hydrogen-bond acceptors (Lipinski definition) is 3. The number of hydrogen-bond donors (Lipinski definition) is 2. The van der Waals surface area contributed by atoms with Crippen LogP contribution in [0.1, 0.15) is 26.9 Å². The summed E-state index contributed by atoms with van der Waals surface area (Å²) in [6.07, 6.45) is -0.816. The minimum atomic E-state index is -1.08. The first-order chi connectivity index (χ1) is 9.49. The van der Waals surface area contributed by atoms with Crippen molar-refractivity contribution >= 4 is 17.2 Å². The lowest BCUT2D eigenvalue weighted by molar-refractivity contribution is 0.0917. The number of nitrogens with one attached hydrogen (secondary N) is 1. The number of thiophene rings is 1. The van der Waals surface area contributed by atoms with Gasteiger partial charge in [-0.3, -0.25) is 4.79 Å². The number of amides is 1. The monoisotopic (exact) mass is 297 g/mol. The second kappa shape index (κ2) is 6.11. The van der Waals surface area contributed by atoms with Gasteiger partial charge in [0.15, 0.2) is 11.6 Å². The van der Waals surface area contributed by atoms with Gasteiger partial charge in [-0.25, -0.2) is 8.78 Å². The van der Waals surface area contributed by atoms with Crippen LogP contribution < -0.4 is 5.32 Å². The van der Waals surface area contributed by atoms with Gasteiger partial charge in [0, 0.05) is 17.0 Å². The van der Waals surface area contributed by atoms with Crippen LogP contribution in [0.4, 0.5) is 8.78 Å². The Labute approximate surface area is 118 Å². The van der Waals surface area contributed by atoms with Gasteiger partial charge in [-0.15, -0.1) is 11.3 Å². The average Bonchev–Trinajstić information content (AvgIpc) is 2.85. The van der Waals surface area contributed by atoms with E-state index < -0.39 is 23.6 Å². The highest BCUT2D eigenvalue weighted by molar-refractivity contribution is 7.10. The minimum Gasteiger partial charge on any atom is -0.386 e. The van der Waals surface area contributed by atoms with Crippen molar-refractivity contribution in [3.63, 3.8) is 0 Å². The third-order valence-corrected chi connectivity index (χ3v) is 3.96. The van der Waals surface area contributed by atoms with Crippen molar-refractivity contribution in [2.24, 2.45) is 0 Å². The SMILES string of the molecule is Cc1ccsc1[C@H](O)CNC(=O)c1ccc(F)c(F)c1. The summed E-state index contributed by atoms with van der Waals surface area (Å²) in [6.45, 7) is 1.88. The molecule has 1 amide bonds. The van der Waals surface area contributed by atoms with Crippen LogP contribution in [0.15, 0.2) is 29.6 Å². The largest absolute Gasteiger partial charge is 0.386 e. The third kappa shape index (κ3) is 3.20. The number of benzene rings is 1. The van der Waals surface area contributed by atoms with Crippen molar-refractivity contribution in [3.05, 3.63) is 57.3 Å². The highest BCUT2D eigenvalue weighted by Crippen LogP contribution is 2.23. The van der Waals surface area contributed by atoms with Crippen LogP contribution in [0.3, 0.4) is 0 Å². The molecule has 2 aromatic rings. The van der Waals surface area contributed by atoms with Gasteiger partial charge in [-0.05, 0) is 42.1 Å². The second-order valence-corrected chi connectivity index (χ2v) is 5.27. The van der Waals surface area contributed by atoms with Gasteiger partial charge in [0.25, 0.3) is 5.91 Å². The first kappa shape index (κ1) is 14.6. The van der Waals surface area contributed by atoms with Crippen LogP contribution in [-0.2, 0) is 0 Å². The van der Waals surface area contributed by atoms with Crippen molar-refractivity contribution in [3.8, 4) is 0 Å². The number of aliphatic hydroxyl groups excluding tert-OH is 1. The molecule has 1 aromatic heterocycles. The molecular formula is C14H13F2NO2S. The molecule has 0 radical (unpaired) electrons. The van der Waals surface area contributed by atoms with E-state index in [2.05, 4.69) is 5.32 Å². The van der Waals surface area contributed by atoms with Crippen LogP contribution in [0.25, 0.3) is 0 Å². The molecule has 3 nitrogen and oxygen atoms in total. The van der Waals surface area contributed by atoms with E-state index in [-0.39, 0.29) is 12.1 Å². The number of carbonyl (C=O) groups is 1. The standard InChI is InChI=1S/C14H13F2NO2S/c1-8-4-5-20-13(8)12(18)7-17-14(19)9-2-3-10(15)11(16)6-9/h2-6,12,18H,7H2,1H3,(H,17,19)/t12-/m1/s1. The van der Waals surface area contributed by atoms with E-state index in [1.807, 2.05) is 18.4 Å². The summed E-state index contributed by atoms with van der Waals surface area (Å²) in [5.41, 5.74) is 0.962. The van der Waals surface area contributed by atoms with E-state index in [4.69, 9.17) is 0 Å². The third-order valence-electron chi connectivity index (χ3n) is 2.84. The van der Waals surface area contributed by atoms with Gasteiger partial charge < -0.3 is 10.4 Å². The summed E-state index contributed by atoms with van der Waals surface area (Å²) in [7, 11) is 0. The molecular weight excluding hydrogens is 284 g/mol. The number of carbonyl (C=O) groups excluding carboxylic acids is 1. The van der Waals surface area contributed by atoms with Crippen LogP contribution in [0.5, 0.6) is 0 Å². The van der Waals surface area contributed by atoms with Crippen molar-refractivity contribution in [1.82, 2.24) is 5.32 Å². The summed E-state index contributed by atoms with van der Waals surface area (Å²) in [6, 6.07) is 4.79. The van der Waals surface area contributed by atoms with E-state index in [0.29, 0.717) is 0 Å². The summed E-state index contributed by atoms with van der Waals surface area (Å²) in [4.78, 5) is 12.5. The fourth-order valence-corrected chi connectivity index (χ4v) is 2.66. The summed E-state index contributed by atoms with van der Waals surface area (Å²) >= 11 is 1.40. The van der Waals surface area contributed by atoms with E-state index in [9.17, 15) is 18.7 Å². The molecule has 106 valence electrons. The molecule has 0 spiro atoms. The maximum absolute atomic E-state index is 13.0. The van der Waals surface area contributed by atoms with Crippen LogP contribution >= 0.6 is 11.3 Å². The molecule has 20 heavy (non-hydrogen) atoms. The first-order valence-electron chi connectivity index (χ1n) is 5.94. The lowest BCUT2D eigenvalue weighted by Crippen LogP contribution is -2.28. The average molecular weight is 297 g/mol. The van der Waals surface area contributed by atoms with Crippen molar-refractivity contribution in [2.75, 3.05) is 6.54 Å². The van der Waals surface area contributed by atoms with E-state index in [1.165, 1.54) is 17.4 Å². The maximum Gasteiger partial charge on any atom is 0.251 e. The van der Waals surface area contributed by atoms with E-state index in [0.717, 1.165) is 22.6 Å². The van der Waals surface area contributed by atoms with Crippen LogP contribution in [-0.4, -0.2) is 17.6 Å². The van der Waals surface area contributed by atoms with Crippen molar-refractivity contribution < 1.29 is 18.7 Å². The molecule has 0 aliphatic carbocycles. The van der Waals surface area contributed by atoms with Crippen molar-refractivity contribution in [2.45, 2.75) is 13.0 Å². The zero-order valence-electron chi connectivity index (χ0n) is 10.7. The zero-order valence-corrected chi connectivity index (χ0v) is 11.5. The molecule has 2 N–H and O–H groups in total. The first-order valence-corrected chi connectivity index (χ1v) is 6.82. The predicted molar refractivity (Wildman–Crippen MR) is 72.7 cm³/mol. The molecule has 0 saturated heterocycles. The number of aryl methyl sites for hydroxylation is 1. The summed E-state index contributed by atoms with van der Waals surface area (Å²) in [5, 5.41) is 14.3. The highest BCUT2D eigenvalue weighted by Gasteiger charge is 2.14. The van der Waals surface area contributed by atoms with Gasteiger partial charge in [-0.2, -0.15) is 0 Å². The number of rotatable bonds is 4. The minimum absolute atomic E-state index is 0.0130. The Morgan fingerprint density at radius 2 is 2.10 bits per heavy atom. The smallest absolute Gasteiger partial charge is 0.251 e. The molecule has 0 unspecified atom stereocenters. The Kier molecular flexibility index (Phi) is 4.46. The molecule has 0 fully saturated rings. The molecule has 0 aliphatic heterocycles.